The zero-order valence-electron chi connectivity index (χ0n) is 14.3. The number of carbonyl (C=O) groups is 1. The lowest BCUT2D eigenvalue weighted by Gasteiger charge is -2.25. The number of ether oxygens (including phenoxy) is 2. The Morgan fingerprint density at radius 1 is 1.07 bits per heavy atom. The Morgan fingerprint density at radius 3 is 2.56 bits per heavy atom. The summed E-state index contributed by atoms with van der Waals surface area (Å²) in [6.07, 6.45) is 0.994. The van der Waals surface area contributed by atoms with Gasteiger partial charge in [-0.15, -0.1) is 0 Å². The molecule has 1 aromatic heterocycles. The molecule has 0 atom stereocenters. The number of hydrogen-bond donors (Lipinski definition) is 0. The van der Waals surface area contributed by atoms with Crippen LogP contribution in [0.2, 0.25) is 0 Å². The molecule has 3 aromatic rings. The summed E-state index contributed by atoms with van der Waals surface area (Å²) >= 11 is 3.38. The van der Waals surface area contributed by atoms with Gasteiger partial charge in [-0.2, -0.15) is 0 Å². The van der Waals surface area contributed by atoms with Crippen LogP contribution in [0.15, 0.2) is 62.4 Å². The Balaban J connectivity index is 1.62. The molecule has 1 fully saturated rings. The van der Waals surface area contributed by atoms with Crippen molar-refractivity contribution in [3.05, 3.63) is 63.4 Å². The highest BCUT2D eigenvalue weighted by Gasteiger charge is 2.19. The molecule has 0 bridgehead atoms. The van der Waals surface area contributed by atoms with Crippen molar-refractivity contribution in [3.63, 3.8) is 0 Å². The molecule has 27 heavy (non-hydrogen) atoms. The van der Waals surface area contributed by atoms with E-state index in [0.29, 0.717) is 48.6 Å². The second-order valence-electron chi connectivity index (χ2n) is 6.11. The Bertz CT molecular complexity index is 1040. The fourth-order valence-electron chi connectivity index (χ4n) is 2.91. The quantitative estimate of drug-likeness (QED) is 0.614. The number of hydrogen-bond acceptors (Lipinski definition) is 5. The number of morpholine rings is 1. The summed E-state index contributed by atoms with van der Waals surface area (Å²) in [6.45, 7) is 2.00. The fraction of sp³-hybridized carbons (Fsp3) is 0.200. The second kappa shape index (κ2) is 7.54. The lowest BCUT2D eigenvalue weighted by Crippen LogP contribution is -2.42. The normalized spacial score (nSPS) is 14.3. The van der Waals surface area contributed by atoms with Gasteiger partial charge in [-0.3, -0.25) is 4.79 Å². The number of carbonyl (C=O) groups excluding carboxylic acids is 1. The number of nitrogens with zero attached hydrogens (tertiary/aromatic N) is 1. The van der Waals surface area contributed by atoms with Crippen LogP contribution in [0, 0.1) is 0 Å². The van der Waals surface area contributed by atoms with E-state index >= 15 is 0 Å². The van der Waals surface area contributed by atoms with Crippen LogP contribution in [0.3, 0.4) is 0 Å². The Morgan fingerprint density at radius 2 is 1.81 bits per heavy atom. The van der Waals surface area contributed by atoms with E-state index in [4.69, 9.17) is 13.9 Å². The van der Waals surface area contributed by atoms with Crippen molar-refractivity contribution in [2.75, 3.05) is 26.3 Å². The summed E-state index contributed by atoms with van der Waals surface area (Å²) in [4.78, 5) is 26.6. The van der Waals surface area contributed by atoms with E-state index < -0.39 is 6.09 Å². The van der Waals surface area contributed by atoms with E-state index in [1.165, 1.54) is 6.26 Å². The summed E-state index contributed by atoms with van der Waals surface area (Å²) < 4.78 is 17.2. The highest BCUT2D eigenvalue weighted by atomic mass is 79.9. The Hall–Kier alpha value is -2.64. The van der Waals surface area contributed by atoms with Crippen LogP contribution in [0.5, 0.6) is 5.75 Å². The van der Waals surface area contributed by atoms with Crippen molar-refractivity contribution < 1.29 is 18.7 Å². The number of benzene rings is 2. The van der Waals surface area contributed by atoms with Crippen LogP contribution >= 0.6 is 15.9 Å². The lowest BCUT2D eigenvalue weighted by molar-refractivity contribution is 0.0416. The minimum atomic E-state index is -0.438. The van der Waals surface area contributed by atoms with Gasteiger partial charge in [0.25, 0.3) is 0 Å². The largest absolute Gasteiger partial charge is 0.463 e. The maximum atomic E-state index is 12.8. The zero-order valence-corrected chi connectivity index (χ0v) is 15.9. The molecule has 0 aliphatic carbocycles. The van der Waals surface area contributed by atoms with Gasteiger partial charge < -0.3 is 18.8 Å². The maximum absolute atomic E-state index is 12.8. The van der Waals surface area contributed by atoms with Gasteiger partial charge in [0, 0.05) is 23.6 Å². The first kappa shape index (κ1) is 17.8. The van der Waals surface area contributed by atoms with Crippen molar-refractivity contribution in [1.82, 2.24) is 4.90 Å². The van der Waals surface area contributed by atoms with E-state index in [1.807, 2.05) is 24.3 Å². The maximum Gasteiger partial charge on any atom is 0.415 e. The molecule has 2 aromatic carbocycles. The molecule has 1 saturated heterocycles. The van der Waals surface area contributed by atoms with Crippen LogP contribution in [0.1, 0.15) is 0 Å². The Labute approximate surface area is 163 Å². The van der Waals surface area contributed by atoms with Gasteiger partial charge in [0.2, 0.25) is 0 Å². The molecular weight excluding hydrogens is 414 g/mol. The minimum absolute atomic E-state index is 0.135. The lowest BCUT2D eigenvalue weighted by atomic mass is 10.1. The van der Waals surface area contributed by atoms with E-state index in [2.05, 4.69) is 15.9 Å². The first-order valence-electron chi connectivity index (χ1n) is 8.48. The van der Waals surface area contributed by atoms with Crippen LogP contribution in [0.4, 0.5) is 4.79 Å². The van der Waals surface area contributed by atoms with E-state index in [-0.39, 0.29) is 5.43 Å². The van der Waals surface area contributed by atoms with Crippen molar-refractivity contribution in [3.8, 4) is 16.9 Å². The van der Waals surface area contributed by atoms with Crippen molar-refractivity contribution in [2.24, 2.45) is 0 Å². The Kier molecular flexibility index (Phi) is 4.96. The highest BCUT2D eigenvalue weighted by Crippen LogP contribution is 2.24. The van der Waals surface area contributed by atoms with Crippen LogP contribution in [-0.4, -0.2) is 37.3 Å². The molecular formula is C20H16BrNO5. The summed E-state index contributed by atoms with van der Waals surface area (Å²) in [5, 5.41) is 0.432. The molecule has 7 heteroatoms. The zero-order chi connectivity index (χ0) is 18.8. The molecule has 1 aliphatic heterocycles. The topological polar surface area (TPSA) is 69.0 Å². The molecule has 0 N–H and O–H groups in total. The molecule has 1 aliphatic rings. The standard InChI is InChI=1S/C20H16BrNO5/c21-14-3-1-13(2-4-14)17-12-26-18-11-15(5-6-16(18)19(17)23)27-20(24)22-7-9-25-10-8-22/h1-6,11-12H,7-10H2. The first-order valence-corrected chi connectivity index (χ1v) is 9.27. The highest BCUT2D eigenvalue weighted by molar-refractivity contribution is 9.10. The van der Waals surface area contributed by atoms with Crippen LogP contribution in [0.25, 0.3) is 22.1 Å². The summed E-state index contributed by atoms with van der Waals surface area (Å²) in [7, 11) is 0. The van der Waals surface area contributed by atoms with Crippen LogP contribution in [-0.2, 0) is 4.74 Å². The van der Waals surface area contributed by atoms with Gasteiger partial charge in [-0.1, -0.05) is 28.1 Å². The minimum Gasteiger partial charge on any atom is -0.463 e. The molecule has 138 valence electrons. The van der Waals surface area contributed by atoms with E-state index in [1.54, 1.807) is 23.1 Å². The first-order chi connectivity index (χ1) is 13.1. The summed E-state index contributed by atoms with van der Waals surface area (Å²) in [5.74, 6) is 0.332. The predicted molar refractivity (Wildman–Crippen MR) is 104 cm³/mol. The molecule has 4 rings (SSSR count). The predicted octanol–water partition coefficient (Wildman–Crippen LogP) is 4.05. The molecule has 0 spiro atoms. The summed E-state index contributed by atoms with van der Waals surface area (Å²) in [5.41, 5.74) is 1.49. The van der Waals surface area contributed by atoms with Gasteiger partial charge in [0.1, 0.15) is 17.6 Å². The van der Waals surface area contributed by atoms with Gasteiger partial charge >= 0.3 is 6.09 Å². The third-order valence-electron chi connectivity index (χ3n) is 4.38. The number of halogens is 1. The average Bonchev–Trinajstić information content (AvgIpc) is 2.70. The van der Waals surface area contributed by atoms with Gasteiger partial charge in [0.05, 0.1) is 24.2 Å². The number of fused-ring (bicyclic) bond motifs is 1. The number of rotatable bonds is 2. The monoisotopic (exact) mass is 429 g/mol. The third kappa shape index (κ3) is 3.74. The molecule has 0 saturated carbocycles. The van der Waals surface area contributed by atoms with E-state index in [9.17, 15) is 9.59 Å². The SMILES string of the molecule is O=C(Oc1ccc2c(=O)c(-c3ccc(Br)cc3)coc2c1)N1CCOCC1. The second-order valence-corrected chi connectivity index (χ2v) is 7.03. The fourth-order valence-corrected chi connectivity index (χ4v) is 3.18. The third-order valence-corrected chi connectivity index (χ3v) is 4.90. The molecule has 0 radical (unpaired) electrons. The smallest absolute Gasteiger partial charge is 0.415 e. The van der Waals surface area contributed by atoms with Crippen molar-refractivity contribution in [2.45, 2.75) is 0 Å². The van der Waals surface area contributed by atoms with Crippen molar-refractivity contribution in [1.29, 1.82) is 0 Å². The van der Waals surface area contributed by atoms with E-state index in [0.717, 1.165) is 10.0 Å². The molecule has 2 heterocycles. The van der Waals surface area contributed by atoms with Gasteiger partial charge in [-0.05, 0) is 29.8 Å². The summed E-state index contributed by atoms with van der Waals surface area (Å²) in [6, 6.07) is 12.2. The van der Waals surface area contributed by atoms with Crippen molar-refractivity contribution >= 4 is 33.0 Å². The van der Waals surface area contributed by atoms with Gasteiger partial charge in [-0.25, -0.2) is 4.79 Å². The molecule has 0 unspecified atom stereocenters. The average molecular weight is 430 g/mol. The van der Waals surface area contributed by atoms with Gasteiger partial charge in [0.15, 0.2) is 5.43 Å². The van der Waals surface area contributed by atoms with Crippen LogP contribution < -0.4 is 10.2 Å². The molecule has 6 nitrogen and oxygen atoms in total. The molecule has 1 amide bonds. The number of amides is 1.